The third-order valence-corrected chi connectivity index (χ3v) is 2.46. The molecule has 1 amide bonds. The van der Waals surface area contributed by atoms with Crippen LogP contribution in [-0.4, -0.2) is 16.0 Å². The van der Waals surface area contributed by atoms with E-state index in [1.807, 2.05) is 18.2 Å². The SMILES string of the molecule is O=C(Cc1ccccn1)Nc1cccc(CO)c1. The first-order valence-electron chi connectivity index (χ1n) is 5.67. The predicted octanol–water partition coefficient (Wildman–Crippen LogP) is 1.76. The first-order valence-corrected chi connectivity index (χ1v) is 5.67. The first kappa shape index (κ1) is 12.3. The van der Waals surface area contributed by atoms with Gasteiger partial charge < -0.3 is 10.4 Å². The normalized spacial score (nSPS) is 10.1. The number of nitrogens with one attached hydrogen (secondary N) is 1. The van der Waals surface area contributed by atoms with E-state index in [0.29, 0.717) is 5.69 Å². The number of pyridine rings is 1. The molecule has 0 aliphatic rings. The zero-order valence-electron chi connectivity index (χ0n) is 9.84. The monoisotopic (exact) mass is 242 g/mol. The van der Waals surface area contributed by atoms with Crippen molar-refractivity contribution in [3.8, 4) is 0 Å². The van der Waals surface area contributed by atoms with Gasteiger partial charge in [0, 0.05) is 17.6 Å². The smallest absolute Gasteiger partial charge is 0.230 e. The number of carbonyl (C=O) groups is 1. The molecular formula is C14H14N2O2. The highest BCUT2D eigenvalue weighted by Crippen LogP contribution is 2.11. The lowest BCUT2D eigenvalue weighted by Crippen LogP contribution is -2.15. The second-order valence-corrected chi connectivity index (χ2v) is 3.90. The molecule has 0 unspecified atom stereocenters. The van der Waals surface area contributed by atoms with Crippen LogP contribution in [0.3, 0.4) is 0 Å². The van der Waals surface area contributed by atoms with Crippen LogP contribution in [0, 0.1) is 0 Å². The van der Waals surface area contributed by atoms with E-state index in [1.54, 1.807) is 30.5 Å². The summed E-state index contributed by atoms with van der Waals surface area (Å²) in [6.45, 7) is -0.0377. The summed E-state index contributed by atoms with van der Waals surface area (Å²) in [5.74, 6) is -0.121. The maximum absolute atomic E-state index is 11.8. The van der Waals surface area contributed by atoms with Crippen LogP contribution >= 0.6 is 0 Å². The number of nitrogens with zero attached hydrogens (tertiary/aromatic N) is 1. The Morgan fingerprint density at radius 3 is 2.83 bits per heavy atom. The number of aromatic nitrogens is 1. The van der Waals surface area contributed by atoms with Gasteiger partial charge in [-0.25, -0.2) is 0 Å². The van der Waals surface area contributed by atoms with Crippen LogP contribution in [0.2, 0.25) is 0 Å². The molecule has 0 saturated heterocycles. The Morgan fingerprint density at radius 2 is 2.11 bits per heavy atom. The predicted molar refractivity (Wildman–Crippen MR) is 68.9 cm³/mol. The molecule has 4 heteroatoms. The number of benzene rings is 1. The molecule has 0 aliphatic heterocycles. The molecule has 0 spiro atoms. The zero-order chi connectivity index (χ0) is 12.8. The summed E-state index contributed by atoms with van der Waals surface area (Å²) < 4.78 is 0. The maximum Gasteiger partial charge on any atom is 0.230 e. The fourth-order valence-corrected chi connectivity index (χ4v) is 1.62. The molecule has 0 bridgehead atoms. The minimum atomic E-state index is -0.121. The minimum Gasteiger partial charge on any atom is -0.392 e. The fourth-order valence-electron chi connectivity index (χ4n) is 1.62. The number of amides is 1. The molecule has 2 rings (SSSR count). The molecule has 1 aromatic heterocycles. The summed E-state index contributed by atoms with van der Waals surface area (Å²) in [5.41, 5.74) is 2.18. The summed E-state index contributed by atoms with van der Waals surface area (Å²) in [4.78, 5) is 15.9. The molecule has 0 saturated carbocycles. The molecule has 1 aromatic carbocycles. The van der Waals surface area contributed by atoms with Crippen molar-refractivity contribution in [2.75, 3.05) is 5.32 Å². The number of hydrogen-bond donors (Lipinski definition) is 2. The Labute approximate surface area is 105 Å². The number of aliphatic hydroxyl groups is 1. The third kappa shape index (κ3) is 3.40. The average Bonchev–Trinajstić information content (AvgIpc) is 2.40. The Kier molecular flexibility index (Phi) is 4.04. The van der Waals surface area contributed by atoms with Gasteiger partial charge in [0.1, 0.15) is 0 Å². The van der Waals surface area contributed by atoms with Gasteiger partial charge in [-0.05, 0) is 29.8 Å². The topological polar surface area (TPSA) is 62.2 Å². The molecule has 1 heterocycles. The quantitative estimate of drug-likeness (QED) is 0.858. The van der Waals surface area contributed by atoms with Gasteiger partial charge in [-0.1, -0.05) is 18.2 Å². The van der Waals surface area contributed by atoms with Crippen LogP contribution in [-0.2, 0) is 17.8 Å². The molecule has 0 aliphatic carbocycles. The van der Waals surface area contributed by atoms with Crippen LogP contribution in [0.1, 0.15) is 11.3 Å². The van der Waals surface area contributed by atoms with Gasteiger partial charge in [0.25, 0.3) is 0 Å². The highest BCUT2D eigenvalue weighted by atomic mass is 16.3. The van der Waals surface area contributed by atoms with Crippen molar-refractivity contribution in [1.29, 1.82) is 0 Å². The first-order chi connectivity index (χ1) is 8.78. The minimum absolute atomic E-state index is 0.0377. The van der Waals surface area contributed by atoms with E-state index in [-0.39, 0.29) is 18.9 Å². The van der Waals surface area contributed by atoms with Crippen molar-refractivity contribution < 1.29 is 9.90 Å². The molecule has 2 N–H and O–H groups in total. The van der Waals surface area contributed by atoms with Crippen LogP contribution in [0.5, 0.6) is 0 Å². The van der Waals surface area contributed by atoms with E-state index in [0.717, 1.165) is 11.3 Å². The molecular weight excluding hydrogens is 228 g/mol. The second kappa shape index (κ2) is 5.93. The van der Waals surface area contributed by atoms with E-state index in [4.69, 9.17) is 5.11 Å². The van der Waals surface area contributed by atoms with Crippen LogP contribution in [0.4, 0.5) is 5.69 Å². The number of anilines is 1. The maximum atomic E-state index is 11.8. The molecule has 4 nitrogen and oxygen atoms in total. The number of aliphatic hydroxyl groups excluding tert-OH is 1. The standard InChI is InChI=1S/C14H14N2O2/c17-10-11-4-3-6-13(8-11)16-14(18)9-12-5-1-2-7-15-12/h1-8,17H,9-10H2,(H,16,18). The Bertz CT molecular complexity index is 526. The lowest BCUT2D eigenvalue weighted by Gasteiger charge is -2.06. The number of rotatable bonds is 4. The van der Waals surface area contributed by atoms with Gasteiger partial charge in [-0.2, -0.15) is 0 Å². The molecule has 0 fully saturated rings. The summed E-state index contributed by atoms with van der Waals surface area (Å²) in [6.07, 6.45) is 1.90. The van der Waals surface area contributed by atoms with Gasteiger partial charge in [-0.3, -0.25) is 9.78 Å². The van der Waals surface area contributed by atoms with Crippen molar-refractivity contribution in [1.82, 2.24) is 4.98 Å². The van der Waals surface area contributed by atoms with Crippen LogP contribution in [0.25, 0.3) is 0 Å². The molecule has 0 atom stereocenters. The zero-order valence-corrected chi connectivity index (χ0v) is 9.84. The van der Waals surface area contributed by atoms with Crippen molar-refractivity contribution in [3.05, 3.63) is 59.9 Å². The van der Waals surface area contributed by atoms with E-state index in [2.05, 4.69) is 10.3 Å². The molecule has 18 heavy (non-hydrogen) atoms. The van der Waals surface area contributed by atoms with Crippen LogP contribution < -0.4 is 5.32 Å². The lowest BCUT2D eigenvalue weighted by atomic mass is 10.2. The van der Waals surface area contributed by atoms with Gasteiger partial charge in [-0.15, -0.1) is 0 Å². The van der Waals surface area contributed by atoms with Crippen molar-refractivity contribution >= 4 is 11.6 Å². The average molecular weight is 242 g/mol. The van der Waals surface area contributed by atoms with Gasteiger partial charge >= 0.3 is 0 Å². The molecule has 2 aromatic rings. The number of carbonyl (C=O) groups excluding carboxylic acids is 1. The highest BCUT2D eigenvalue weighted by molar-refractivity contribution is 5.92. The summed E-state index contributed by atoms with van der Waals surface area (Å²) >= 11 is 0. The fraction of sp³-hybridized carbons (Fsp3) is 0.143. The molecule has 0 radical (unpaired) electrons. The Hall–Kier alpha value is -2.20. The van der Waals surface area contributed by atoms with E-state index >= 15 is 0 Å². The lowest BCUT2D eigenvalue weighted by molar-refractivity contribution is -0.115. The Morgan fingerprint density at radius 1 is 1.22 bits per heavy atom. The largest absolute Gasteiger partial charge is 0.392 e. The highest BCUT2D eigenvalue weighted by Gasteiger charge is 2.04. The van der Waals surface area contributed by atoms with E-state index in [1.165, 1.54) is 0 Å². The molecule has 92 valence electrons. The second-order valence-electron chi connectivity index (χ2n) is 3.90. The van der Waals surface area contributed by atoms with E-state index in [9.17, 15) is 4.79 Å². The summed E-state index contributed by atoms with van der Waals surface area (Å²) in [6, 6.07) is 12.6. The van der Waals surface area contributed by atoms with Crippen LogP contribution in [0.15, 0.2) is 48.7 Å². The number of hydrogen-bond acceptors (Lipinski definition) is 3. The van der Waals surface area contributed by atoms with Crippen molar-refractivity contribution in [3.63, 3.8) is 0 Å². The van der Waals surface area contributed by atoms with E-state index < -0.39 is 0 Å². The summed E-state index contributed by atoms with van der Waals surface area (Å²) in [7, 11) is 0. The third-order valence-electron chi connectivity index (χ3n) is 2.46. The van der Waals surface area contributed by atoms with Crippen molar-refractivity contribution in [2.45, 2.75) is 13.0 Å². The van der Waals surface area contributed by atoms with Gasteiger partial charge in [0.2, 0.25) is 5.91 Å². The summed E-state index contributed by atoms with van der Waals surface area (Å²) in [5, 5.41) is 11.8. The van der Waals surface area contributed by atoms with Gasteiger partial charge in [0.05, 0.1) is 13.0 Å². The van der Waals surface area contributed by atoms with Gasteiger partial charge in [0.15, 0.2) is 0 Å². The Balaban J connectivity index is 1.99. The van der Waals surface area contributed by atoms with Crippen molar-refractivity contribution in [2.24, 2.45) is 0 Å².